The van der Waals surface area contributed by atoms with E-state index in [9.17, 15) is 13.6 Å². The number of carbonyl (C=O) groups excluding carboxylic acids is 1. The van der Waals surface area contributed by atoms with Gasteiger partial charge in [-0.2, -0.15) is 9.97 Å². The summed E-state index contributed by atoms with van der Waals surface area (Å²) in [5, 5.41) is 1.20. The number of ether oxygens (including phenoxy) is 1. The highest BCUT2D eigenvalue weighted by atomic mass is 35.5. The predicted octanol–water partition coefficient (Wildman–Crippen LogP) is 4.85. The lowest BCUT2D eigenvalue weighted by Gasteiger charge is -2.36. The number of hydrogen-bond acceptors (Lipinski definition) is 7. The van der Waals surface area contributed by atoms with Crippen LogP contribution in [0.25, 0.3) is 32.9 Å². The molecule has 2 aliphatic heterocycles. The van der Waals surface area contributed by atoms with Gasteiger partial charge in [0.2, 0.25) is 0 Å². The van der Waals surface area contributed by atoms with Crippen LogP contribution in [-0.2, 0) is 4.79 Å². The third-order valence-corrected chi connectivity index (χ3v) is 7.89. The molecule has 8 nitrogen and oxygen atoms in total. The SMILES string of the molecule is C=C(F)C(=O)N1CCN(c2nc(OCC3CN(C)C3)nc3c(F)c(-c4cccc5ccc(F)c(Cl)c45)ncc23)CC1. The van der Waals surface area contributed by atoms with Gasteiger partial charge in [-0.1, -0.05) is 42.4 Å². The molecule has 0 unspecified atom stereocenters. The molecule has 0 N–H and O–H groups in total. The largest absolute Gasteiger partial charge is 0.463 e. The lowest BCUT2D eigenvalue weighted by atomic mass is 10.0. The number of nitrogens with zero attached hydrogens (tertiary/aromatic N) is 6. The average Bonchev–Trinajstić information content (AvgIpc) is 2.96. The van der Waals surface area contributed by atoms with E-state index in [0.29, 0.717) is 53.2 Å². The lowest BCUT2D eigenvalue weighted by molar-refractivity contribution is -0.128. The van der Waals surface area contributed by atoms with Crippen molar-refractivity contribution in [2.45, 2.75) is 0 Å². The number of piperazine rings is 1. The Morgan fingerprint density at radius 1 is 1.12 bits per heavy atom. The van der Waals surface area contributed by atoms with E-state index in [4.69, 9.17) is 16.3 Å². The first-order valence-electron chi connectivity index (χ1n) is 13.1. The van der Waals surface area contributed by atoms with Crippen LogP contribution in [0.4, 0.5) is 19.0 Å². The van der Waals surface area contributed by atoms with E-state index in [-0.39, 0.29) is 35.3 Å². The third kappa shape index (κ3) is 5.04. The molecule has 12 heteroatoms. The van der Waals surface area contributed by atoms with E-state index in [1.54, 1.807) is 24.3 Å². The second-order valence-electron chi connectivity index (χ2n) is 10.4. The smallest absolute Gasteiger partial charge is 0.319 e. The van der Waals surface area contributed by atoms with Crippen LogP contribution in [0, 0.1) is 17.6 Å². The number of halogens is 4. The van der Waals surface area contributed by atoms with Crippen LogP contribution in [0.2, 0.25) is 5.02 Å². The first kappa shape index (κ1) is 27.2. The predicted molar refractivity (Wildman–Crippen MR) is 151 cm³/mol. The average molecular weight is 583 g/mol. The van der Waals surface area contributed by atoms with E-state index in [1.807, 2.05) is 11.9 Å². The molecule has 0 spiro atoms. The van der Waals surface area contributed by atoms with Crippen molar-refractivity contribution in [1.82, 2.24) is 24.8 Å². The Bertz CT molecular complexity index is 1690. The normalized spacial score (nSPS) is 16.3. The Morgan fingerprint density at radius 3 is 2.59 bits per heavy atom. The molecule has 0 saturated carbocycles. The maximum atomic E-state index is 16.4. The van der Waals surface area contributed by atoms with Crippen LogP contribution in [0.1, 0.15) is 0 Å². The summed E-state index contributed by atoms with van der Waals surface area (Å²) in [7, 11) is 2.01. The topological polar surface area (TPSA) is 74.7 Å². The highest BCUT2D eigenvalue weighted by Gasteiger charge is 2.28. The Balaban J connectivity index is 1.43. The molecule has 41 heavy (non-hydrogen) atoms. The Hall–Kier alpha value is -3.96. The molecule has 0 atom stereocenters. The number of amides is 1. The van der Waals surface area contributed by atoms with Gasteiger partial charge in [-0.15, -0.1) is 0 Å². The standard InChI is InChI=1S/C29H26ClF3N6O2/c1-16(31)28(40)39-10-8-38(9-11-39)27-20-12-34-25(19-5-3-4-18-6-7-21(32)23(30)22(18)19)24(33)26(20)35-29(36-27)41-15-17-13-37(2)14-17/h3-7,12,17H,1,8-11,13-15H2,2H3. The van der Waals surface area contributed by atoms with Crippen LogP contribution in [0.3, 0.4) is 0 Å². The summed E-state index contributed by atoms with van der Waals surface area (Å²) in [5.41, 5.74) is 0.273. The minimum Gasteiger partial charge on any atom is -0.463 e. The summed E-state index contributed by atoms with van der Waals surface area (Å²) < 4.78 is 50.1. The van der Waals surface area contributed by atoms with Gasteiger partial charge in [-0.25, -0.2) is 13.2 Å². The van der Waals surface area contributed by atoms with E-state index in [0.717, 1.165) is 13.1 Å². The fourth-order valence-corrected chi connectivity index (χ4v) is 5.71. The van der Waals surface area contributed by atoms with Crippen molar-refractivity contribution in [3.8, 4) is 17.3 Å². The van der Waals surface area contributed by atoms with Crippen molar-refractivity contribution in [2.24, 2.45) is 5.92 Å². The Morgan fingerprint density at radius 2 is 1.88 bits per heavy atom. The minimum absolute atomic E-state index is 0.00995. The molecule has 2 saturated heterocycles. The quantitative estimate of drug-likeness (QED) is 0.301. The fraction of sp³-hybridized carbons (Fsp3) is 0.310. The van der Waals surface area contributed by atoms with Gasteiger partial charge in [0, 0.05) is 62.3 Å². The maximum absolute atomic E-state index is 16.4. The zero-order valence-electron chi connectivity index (χ0n) is 22.2. The number of pyridine rings is 1. The van der Waals surface area contributed by atoms with E-state index in [2.05, 4.69) is 26.4 Å². The Labute approximate surface area is 239 Å². The van der Waals surface area contributed by atoms with E-state index < -0.39 is 23.4 Å². The van der Waals surface area contributed by atoms with Gasteiger partial charge in [-0.3, -0.25) is 9.78 Å². The fourth-order valence-electron chi connectivity index (χ4n) is 5.44. The first-order chi connectivity index (χ1) is 19.7. The van der Waals surface area contributed by atoms with Crippen LogP contribution in [0.5, 0.6) is 6.01 Å². The molecule has 4 heterocycles. The van der Waals surface area contributed by atoms with Gasteiger partial charge in [0.25, 0.3) is 5.91 Å². The number of aromatic nitrogens is 3. The molecule has 4 aromatic rings. The van der Waals surface area contributed by atoms with E-state index >= 15 is 4.39 Å². The van der Waals surface area contributed by atoms with Crippen molar-refractivity contribution in [2.75, 3.05) is 57.8 Å². The second kappa shape index (κ2) is 10.8. The van der Waals surface area contributed by atoms with Gasteiger partial charge < -0.3 is 19.4 Å². The molecule has 0 bridgehead atoms. The number of hydrogen-bond donors (Lipinski definition) is 0. The van der Waals surface area contributed by atoms with Crippen molar-refractivity contribution in [3.05, 3.63) is 65.6 Å². The summed E-state index contributed by atoms with van der Waals surface area (Å²) in [6, 6.07) is 7.96. The molecule has 2 aromatic heterocycles. The molecule has 6 rings (SSSR count). The summed E-state index contributed by atoms with van der Waals surface area (Å²) in [6.07, 6.45) is 1.47. The van der Waals surface area contributed by atoms with Gasteiger partial charge >= 0.3 is 6.01 Å². The number of rotatable bonds is 6. The number of anilines is 1. The maximum Gasteiger partial charge on any atom is 0.319 e. The molecular weight excluding hydrogens is 557 g/mol. The third-order valence-electron chi connectivity index (χ3n) is 7.52. The molecule has 0 radical (unpaired) electrons. The zero-order chi connectivity index (χ0) is 28.8. The van der Waals surface area contributed by atoms with Gasteiger partial charge in [0.1, 0.15) is 22.8 Å². The van der Waals surface area contributed by atoms with E-state index in [1.165, 1.54) is 17.2 Å². The van der Waals surface area contributed by atoms with Gasteiger partial charge in [-0.05, 0) is 18.5 Å². The second-order valence-corrected chi connectivity index (χ2v) is 10.7. The number of likely N-dealkylation sites (tertiary alicyclic amines) is 1. The highest BCUT2D eigenvalue weighted by molar-refractivity contribution is 6.36. The van der Waals surface area contributed by atoms with Crippen LogP contribution in [-0.4, -0.2) is 83.6 Å². The van der Waals surface area contributed by atoms with Crippen LogP contribution >= 0.6 is 11.6 Å². The first-order valence-corrected chi connectivity index (χ1v) is 13.5. The van der Waals surface area contributed by atoms with Crippen LogP contribution in [0.15, 0.2) is 48.9 Å². The molecule has 2 fully saturated rings. The van der Waals surface area contributed by atoms with Crippen molar-refractivity contribution >= 4 is 45.0 Å². The van der Waals surface area contributed by atoms with Crippen molar-refractivity contribution in [1.29, 1.82) is 0 Å². The minimum atomic E-state index is -1.02. The number of benzene rings is 2. The monoisotopic (exact) mass is 582 g/mol. The number of carbonyl (C=O) groups is 1. The van der Waals surface area contributed by atoms with Gasteiger partial charge in [0.05, 0.1) is 17.0 Å². The molecule has 2 aliphatic rings. The van der Waals surface area contributed by atoms with Crippen molar-refractivity contribution in [3.63, 3.8) is 0 Å². The van der Waals surface area contributed by atoms with Gasteiger partial charge in [0.15, 0.2) is 11.6 Å². The molecule has 1 amide bonds. The summed E-state index contributed by atoms with van der Waals surface area (Å²) >= 11 is 6.32. The molecular formula is C29H26ClF3N6O2. The molecule has 0 aliphatic carbocycles. The van der Waals surface area contributed by atoms with Crippen molar-refractivity contribution < 1.29 is 22.7 Å². The molecule has 2 aromatic carbocycles. The Kier molecular flexibility index (Phi) is 7.16. The lowest BCUT2D eigenvalue weighted by Crippen LogP contribution is -2.49. The summed E-state index contributed by atoms with van der Waals surface area (Å²) in [5.74, 6) is -2.43. The summed E-state index contributed by atoms with van der Waals surface area (Å²) in [4.78, 5) is 30.9. The summed E-state index contributed by atoms with van der Waals surface area (Å²) in [6.45, 7) is 6.30. The zero-order valence-corrected chi connectivity index (χ0v) is 23.0. The van der Waals surface area contributed by atoms with Crippen LogP contribution < -0.4 is 9.64 Å². The molecule has 212 valence electrons. The number of fused-ring (bicyclic) bond motifs is 2. The highest BCUT2D eigenvalue weighted by Crippen LogP contribution is 2.38.